The SMILES string of the molecule is CCCCC/C=C\C/C=C\CCCCCCCCCCCC(=O)OC(COC(=O)CCCCCCC/C=C\CCCCCCCCC)COC(=O)CCCCCCCCCCCCCCCC/C=C\C/C=C\C/C=C\CCCCCCC. The van der Waals surface area contributed by atoms with Gasteiger partial charge in [-0.05, 0) is 116 Å². The van der Waals surface area contributed by atoms with Crippen LogP contribution in [0.25, 0.3) is 0 Å². The average molecular weight is 1150 g/mol. The van der Waals surface area contributed by atoms with Gasteiger partial charge in [0.1, 0.15) is 13.2 Å². The summed E-state index contributed by atoms with van der Waals surface area (Å²) in [5, 5.41) is 0. The maximum atomic E-state index is 13.0. The van der Waals surface area contributed by atoms with Gasteiger partial charge in [-0.2, -0.15) is 0 Å². The molecule has 0 spiro atoms. The van der Waals surface area contributed by atoms with Gasteiger partial charge >= 0.3 is 17.9 Å². The Kier molecular flexibility index (Phi) is 67.6. The van der Waals surface area contributed by atoms with Crippen molar-refractivity contribution in [1.82, 2.24) is 0 Å². The first kappa shape index (κ1) is 78.8. The molecule has 6 heteroatoms. The summed E-state index contributed by atoms with van der Waals surface area (Å²) in [6, 6.07) is 0. The minimum atomic E-state index is -0.783. The number of hydrogen-bond acceptors (Lipinski definition) is 6. The summed E-state index contributed by atoms with van der Waals surface area (Å²) in [6.07, 6.45) is 92.1. The number of allylic oxidation sites excluding steroid dienone is 12. The summed E-state index contributed by atoms with van der Waals surface area (Å²) in [5.41, 5.74) is 0. The third kappa shape index (κ3) is 67.6. The molecule has 0 bridgehead atoms. The zero-order valence-corrected chi connectivity index (χ0v) is 54.8. The monoisotopic (exact) mass is 1150 g/mol. The van der Waals surface area contributed by atoms with Crippen LogP contribution in [-0.4, -0.2) is 37.2 Å². The van der Waals surface area contributed by atoms with E-state index in [0.717, 1.165) is 83.5 Å². The molecular weight excluding hydrogens is 1010 g/mol. The number of carbonyl (C=O) groups excluding carboxylic acids is 3. The lowest BCUT2D eigenvalue weighted by molar-refractivity contribution is -0.167. The summed E-state index contributed by atoms with van der Waals surface area (Å²) in [7, 11) is 0. The van der Waals surface area contributed by atoms with Gasteiger partial charge in [-0.3, -0.25) is 14.4 Å². The van der Waals surface area contributed by atoms with Gasteiger partial charge in [0.15, 0.2) is 6.10 Å². The highest BCUT2D eigenvalue weighted by molar-refractivity contribution is 5.71. The minimum absolute atomic E-state index is 0.0773. The van der Waals surface area contributed by atoms with Crippen molar-refractivity contribution in [2.24, 2.45) is 0 Å². The molecule has 6 nitrogen and oxygen atoms in total. The minimum Gasteiger partial charge on any atom is -0.462 e. The zero-order valence-electron chi connectivity index (χ0n) is 54.8. The zero-order chi connectivity index (χ0) is 59.2. The fourth-order valence-electron chi connectivity index (χ4n) is 10.5. The molecule has 1 unspecified atom stereocenters. The van der Waals surface area contributed by atoms with E-state index < -0.39 is 6.10 Å². The van der Waals surface area contributed by atoms with Crippen LogP contribution in [-0.2, 0) is 28.6 Å². The molecule has 0 aromatic carbocycles. The van der Waals surface area contributed by atoms with Gasteiger partial charge < -0.3 is 14.2 Å². The van der Waals surface area contributed by atoms with Crippen molar-refractivity contribution in [3.8, 4) is 0 Å². The van der Waals surface area contributed by atoms with E-state index in [4.69, 9.17) is 14.2 Å². The first-order chi connectivity index (χ1) is 40.5. The van der Waals surface area contributed by atoms with Gasteiger partial charge in [-0.25, -0.2) is 0 Å². The second-order valence-corrected chi connectivity index (χ2v) is 24.1. The normalized spacial score (nSPS) is 12.5. The molecule has 0 heterocycles. The van der Waals surface area contributed by atoms with Crippen molar-refractivity contribution in [2.45, 2.75) is 380 Å². The van der Waals surface area contributed by atoms with Crippen molar-refractivity contribution in [3.63, 3.8) is 0 Å². The Hall–Kier alpha value is -3.15. The van der Waals surface area contributed by atoms with Crippen LogP contribution < -0.4 is 0 Å². The van der Waals surface area contributed by atoms with Gasteiger partial charge in [0.05, 0.1) is 0 Å². The van der Waals surface area contributed by atoms with Crippen molar-refractivity contribution in [1.29, 1.82) is 0 Å². The second kappa shape index (κ2) is 70.3. The van der Waals surface area contributed by atoms with Crippen LogP contribution in [0.4, 0.5) is 0 Å². The van der Waals surface area contributed by atoms with Gasteiger partial charge in [0.25, 0.3) is 0 Å². The smallest absolute Gasteiger partial charge is 0.306 e. The predicted molar refractivity (Wildman–Crippen MR) is 358 cm³/mol. The van der Waals surface area contributed by atoms with Crippen molar-refractivity contribution >= 4 is 17.9 Å². The third-order valence-electron chi connectivity index (χ3n) is 15.9. The molecule has 1 atom stereocenters. The molecule has 0 N–H and O–H groups in total. The molecule has 0 saturated heterocycles. The largest absolute Gasteiger partial charge is 0.462 e. The summed E-state index contributed by atoms with van der Waals surface area (Å²) >= 11 is 0. The van der Waals surface area contributed by atoms with E-state index in [1.165, 1.54) is 250 Å². The Morgan fingerprint density at radius 2 is 0.439 bits per heavy atom. The average Bonchev–Trinajstić information content (AvgIpc) is 3.47. The van der Waals surface area contributed by atoms with Gasteiger partial charge in [-0.15, -0.1) is 0 Å². The van der Waals surface area contributed by atoms with Crippen LogP contribution in [0.5, 0.6) is 0 Å². The molecule has 82 heavy (non-hydrogen) atoms. The number of unbranched alkanes of at least 4 members (excludes halogenated alkanes) is 43. The van der Waals surface area contributed by atoms with Crippen LogP contribution >= 0.6 is 0 Å². The molecule has 0 rings (SSSR count). The number of hydrogen-bond donors (Lipinski definition) is 0. The van der Waals surface area contributed by atoms with Crippen LogP contribution in [0.2, 0.25) is 0 Å². The molecule has 0 aliphatic carbocycles. The summed E-state index contributed by atoms with van der Waals surface area (Å²) in [4.78, 5) is 38.5. The van der Waals surface area contributed by atoms with Gasteiger partial charge in [-0.1, -0.05) is 312 Å². The fourth-order valence-corrected chi connectivity index (χ4v) is 10.5. The lowest BCUT2D eigenvalue weighted by atomic mass is 10.0. The van der Waals surface area contributed by atoms with Crippen LogP contribution in [0.3, 0.4) is 0 Å². The predicted octanol–water partition coefficient (Wildman–Crippen LogP) is 24.8. The Balaban J connectivity index is 4.28. The lowest BCUT2D eigenvalue weighted by Crippen LogP contribution is -2.30. The quantitative estimate of drug-likeness (QED) is 0.0261. The molecule has 0 aliphatic rings. The van der Waals surface area contributed by atoms with E-state index in [2.05, 4.69) is 93.7 Å². The number of ether oxygens (including phenoxy) is 3. The van der Waals surface area contributed by atoms with Gasteiger partial charge in [0, 0.05) is 19.3 Å². The first-order valence-electron chi connectivity index (χ1n) is 35.9. The Morgan fingerprint density at radius 1 is 0.244 bits per heavy atom. The van der Waals surface area contributed by atoms with E-state index in [-0.39, 0.29) is 31.1 Å². The van der Waals surface area contributed by atoms with E-state index in [1.807, 2.05) is 0 Å². The molecule has 0 saturated carbocycles. The molecular formula is C76H136O6. The van der Waals surface area contributed by atoms with Crippen molar-refractivity contribution in [2.75, 3.05) is 13.2 Å². The molecule has 0 aliphatic heterocycles. The van der Waals surface area contributed by atoms with Crippen LogP contribution in [0.1, 0.15) is 374 Å². The van der Waals surface area contributed by atoms with E-state index in [0.29, 0.717) is 19.3 Å². The van der Waals surface area contributed by atoms with E-state index in [9.17, 15) is 14.4 Å². The summed E-state index contributed by atoms with van der Waals surface area (Å²) < 4.78 is 17.0. The fraction of sp³-hybridized carbons (Fsp3) is 0.803. The van der Waals surface area contributed by atoms with E-state index in [1.54, 1.807) is 0 Å². The van der Waals surface area contributed by atoms with E-state index >= 15 is 0 Å². The maximum Gasteiger partial charge on any atom is 0.306 e. The highest BCUT2D eigenvalue weighted by atomic mass is 16.6. The molecule has 0 amide bonds. The summed E-state index contributed by atoms with van der Waals surface area (Å²) in [5.74, 6) is -0.870. The number of esters is 3. The Morgan fingerprint density at radius 3 is 0.720 bits per heavy atom. The van der Waals surface area contributed by atoms with Gasteiger partial charge in [0.2, 0.25) is 0 Å². The lowest BCUT2D eigenvalue weighted by Gasteiger charge is -2.18. The Bertz CT molecular complexity index is 1500. The molecule has 0 aromatic rings. The molecule has 476 valence electrons. The second-order valence-electron chi connectivity index (χ2n) is 24.1. The molecule has 0 aromatic heterocycles. The van der Waals surface area contributed by atoms with Crippen LogP contribution in [0.15, 0.2) is 72.9 Å². The third-order valence-corrected chi connectivity index (χ3v) is 15.9. The maximum absolute atomic E-state index is 13.0. The first-order valence-corrected chi connectivity index (χ1v) is 35.9. The standard InChI is InChI=1S/C76H136O6/c1-4-7-10-13-16-19-22-25-28-31-33-34-35-36-37-38-39-40-41-42-44-45-48-51-54-57-60-63-66-69-75(78)81-72-73(71-80-74(77)68-65-62-59-56-53-50-47-30-27-24-21-18-15-12-9-6-3)82-76(79)70-67-64-61-58-55-52-49-46-43-32-29-26-23-20-17-14-11-8-5-2/h17,20,22,25-26,29-31,33,35-36,47,73H,4-16,18-19,21,23-24,27-28,32,34,37-46,48-72H2,1-3H3/b20-17-,25-22-,29-26-,33-31-,36-35-,47-30-. The van der Waals surface area contributed by atoms with Crippen molar-refractivity contribution < 1.29 is 28.6 Å². The Labute approximate surface area is 510 Å². The number of carbonyl (C=O) groups is 3. The van der Waals surface area contributed by atoms with Crippen molar-refractivity contribution in [3.05, 3.63) is 72.9 Å². The summed E-state index contributed by atoms with van der Waals surface area (Å²) in [6.45, 7) is 6.64. The highest BCUT2D eigenvalue weighted by Crippen LogP contribution is 2.17. The molecule has 0 fully saturated rings. The molecule has 0 radical (unpaired) electrons. The topological polar surface area (TPSA) is 78.9 Å². The highest BCUT2D eigenvalue weighted by Gasteiger charge is 2.19. The van der Waals surface area contributed by atoms with Crippen LogP contribution in [0, 0.1) is 0 Å². The number of rotatable bonds is 66.